The van der Waals surface area contributed by atoms with E-state index in [0.717, 1.165) is 34.5 Å². The van der Waals surface area contributed by atoms with Crippen molar-refractivity contribution in [2.24, 2.45) is 0 Å². The van der Waals surface area contributed by atoms with Crippen LogP contribution in [0.25, 0.3) is 0 Å². The average molecular weight is 472 g/mol. The van der Waals surface area contributed by atoms with Gasteiger partial charge in [-0.15, -0.1) is 0 Å². The number of likely N-dealkylation sites (tertiary alicyclic amines) is 1. The van der Waals surface area contributed by atoms with Gasteiger partial charge in [0.05, 0.1) is 0 Å². The van der Waals surface area contributed by atoms with Gasteiger partial charge in [-0.3, -0.25) is 9.69 Å². The Labute approximate surface area is 207 Å². The zero-order chi connectivity index (χ0) is 24.3. The second-order valence-electron chi connectivity index (χ2n) is 9.72. The molecule has 5 rings (SSSR count). The number of hydrogen-bond acceptors (Lipinski definition) is 5. The zero-order valence-electron chi connectivity index (χ0n) is 20.3. The van der Waals surface area contributed by atoms with E-state index < -0.39 is 5.60 Å². The van der Waals surface area contributed by atoms with Crippen molar-refractivity contribution in [2.75, 3.05) is 26.2 Å². The average Bonchev–Trinajstić information content (AvgIpc) is 3.46. The summed E-state index contributed by atoms with van der Waals surface area (Å²) in [4.78, 5) is 13.9. The molecule has 5 nitrogen and oxygen atoms in total. The summed E-state index contributed by atoms with van der Waals surface area (Å²) < 4.78 is 11.3. The number of esters is 1. The van der Waals surface area contributed by atoms with Crippen LogP contribution in [-0.2, 0) is 23.2 Å². The Balaban J connectivity index is 1.35. The summed E-state index contributed by atoms with van der Waals surface area (Å²) in [5, 5.41) is 12.2. The van der Waals surface area contributed by atoms with E-state index in [2.05, 4.69) is 29.2 Å². The van der Waals surface area contributed by atoms with Crippen molar-refractivity contribution in [2.45, 2.75) is 44.1 Å². The smallest absolute Gasteiger partial charge is 0.308 e. The van der Waals surface area contributed by atoms with Gasteiger partial charge in [0.1, 0.15) is 23.7 Å². The Morgan fingerprint density at radius 2 is 1.71 bits per heavy atom. The van der Waals surface area contributed by atoms with Crippen molar-refractivity contribution in [3.05, 3.63) is 95.1 Å². The summed E-state index contributed by atoms with van der Waals surface area (Å²) >= 11 is 0. The Morgan fingerprint density at radius 3 is 2.43 bits per heavy atom. The highest BCUT2D eigenvalue weighted by atomic mass is 16.5. The van der Waals surface area contributed by atoms with Gasteiger partial charge in [0.25, 0.3) is 0 Å². The van der Waals surface area contributed by atoms with Gasteiger partial charge in [0.2, 0.25) is 0 Å². The molecule has 2 aliphatic rings. The van der Waals surface area contributed by atoms with E-state index in [-0.39, 0.29) is 11.9 Å². The molecule has 0 radical (unpaired) electrons. The van der Waals surface area contributed by atoms with Crippen molar-refractivity contribution in [1.29, 1.82) is 0 Å². The van der Waals surface area contributed by atoms with Crippen molar-refractivity contribution < 1.29 is 19.4 Å². The molecule has 182 valence electrons. The summed E-state index contributed by atoms with van der Waals surface area (Å²) in [5.74, 6) is 0.934. The lowest BCUT2D eigenvalue weighted by Crippen LogP contribution is -2.32. The Bertz CT molecular complexity index is 1150. The van der Waals surface area contributed by atoms with Crippen LogP contribution in [0.15, 0.2) is 72.8 Å². The van der Waals surface area contributed by atoms with Crippen LogP contribution in [0.1, 0.15) is 47.9 Å². The molecule has 0 amide bonds. The molecular formula is C30H33NO4. The second kappa shape index (κ2) is 10.2. The van der Waals surface area contributed by atoms with Crippen LogP contribution in [0.3, 0.4) is 0 Å². The maximum absolute atomic E-state index is 12.2. The van der Waals surface area contributed by atoms with Crippen LogP contribution < -0.4 is 9.47 Å². The van der Waals surface area contributed by atoms with Gasteiger partial charge in [-0.25, -0.2) is 0 Å². The predicted octanol–water partition coefficient (Wildman–Crippen LogP) is 4.86. The molecule has 3 aromatic rings. The number of carbonyl (C=O) groups excluding carboxylic acids is 1. The first kappa shape index (κ1) is 23.6. The molecule has 3 aromatic carbocycles. The summed E-state index contributed by atoms with van der Waals surface area (Å²) in [6, 6.07) is 23.8. The highest BCUT2D eigenvalue weighted by Gasteiger charge is 2.46. The molecule has 2 atom stereocenters. The Hall–Kier alpha value is -3.15. The monoisotopic (exact) mass is 471 g/mol. The predicted molar refractivity (Wildman–Crippen MR) is 136 cm³/mol. The second-order valence-corrected chi connectivity index (χ2v) is 9.72. The number of fused-ring (bicyclic) bond motifs is 1. The maximum Gasteiger partial charge on any atom is 0.308 e. The van der Waals surface area contributed by atoms with Crippen LogP contribution in [-0.4, -0.2) is 42.2 Å². The lowest BCUT2D eigenvalue weighted by Gasteiger charge is -2.32. The SMILES string of the molecule is CC(=O)Oc1ccc2c(c1)CC(c1ccccc1)C2(O)Cc1ccc(OCCN2CCCC2)cc1. The van der Waals surface area contributed by atoms with E-state index in [1.807, 2.05) is 42.5 Å². The summed E-state index contributed by atoms with van der Waals surface area (Å²) in [5.41, 5.74) is 3.00. The largest absolute Gasteiger partial charge is 0.492 e. The summed E-state index contributed by atoms with van der Waals surface area (Å²) in [7, 11) is 0. The normalized spacial score (nSPS) is 21.6. The van der Waals surface area contributed by atoms with Gasteiger partial charge in [-0.2, -0.15) is 0 Å². The minimum atomic E-state index is -1.07. The summed E-state index contributed by atoms with van der Waals surface area (Å²) in [6.45, 7) is 5.40. The maximum atomic E-state index is 12.2. The molecule has 1 heterocycles. The first-order chi connectivity index (χ1) is 17.0. The lowest BCUT2D eigenvalue weighted by atomic mass is 9.78. The van der Waals surface area contributed by atoms with E-state index in [1.54, 1.807) is 6.07 Å². The van der Waals surface area contributed by atoms with Crippen LogP contribution in [0.5, 0.6) is 11.5 Å². The molecule has 0 aromatic heterocycles. The third kappa shape index (κ3) is 5.26. The Kier molecular flexibility index (Phi) is 6.89. The number of ether oxygens (including phenoxy) is 2. The molecule has 1 saturated heterocycles. The van der Waals surface area contributed by atoms with Gasteiger partial charge in [0.15, 0.2) is 0 Å². The molecule has 5 heteroatoms. The van der Waals surface area contributed by atoms with Crippen molar-refractivity contribution in [3.8, 4) is 11.5 Å². The fraction of sp³-hybridized carbons (Fsp3) is 0.367. The molecule has 0 bridgehead atoms. The van der Waals surface area contributed by atoms with Crippen molar-refractivity contribution in [3.63, 3.8) is 0 Å². The van der Waals surface area contributed by atoms with E-state index in [4.69, 9.17) is 9.47 Å². The van der Waals surface area contributed by atoms with Gasteiger partial charge in [-0.05, 0) is 78.9 Å². The van der Waals surface area contributed by atoms with Gasteiger partial charge >= 0.3 is 5.97 Å². The van der Waals surface area contributed by atoms with E-state index in [0.29, 0.717) is 25.2 Å². The van der Waals surface area contributed by atoms with Gasteiger partial charge < -0.3 is 14.6 Å². The van der Waals surface area contributed by atoms with Gasteiger partial charge in [0, 0.05) is 25.8 Å². The molecule has 2 unspecified atom stereocenters. The quantitative estimate of drug-likeness (QED) is 0.376. The van der Waals surface area contributed by atoms with Crippen molar-refractivity contribution in [1.82, 2.24) is 4.90 Å². The van der Waals surface area contributed by atoms with Crippen LogP contribution in [0.2, 0.25) is 0 Å². The molecule has 0 saturated carbocycles. The lowest BCUT2D eigenvalue weighted by molar-refractivity contribution is -0.131. The number of aliphatic hydroxyl groups is 1. The fourth-order valence-electron chi connectivity index (χ4n) is 5.58. The standard InChI is InChI=1S/C30H33NO4/c1-22(32)35-27-13-14-28-25(19-27)20-29(24-7-3-2-4-8-24)30(28,33)21-23-9-11-26(12-10-23)34-18-17-31-15-5-6-16-31/h2-4,7-14,19,29,33H,5-6,15-18,20-21H2,1H3. The van der Waals surface area contributed by atoms with Crippen LogP contribution in [0, 0.1) is 0 Å². The van der Waals surface area contributed by atoms with E-state index >= 15 is 0 Å². The minimum absolute atomic E-state index is 0.0948. The number of nitrogens with zero attached hydrogens (tertiary/aromatic N) is 1. The molecule has 1 N–H and O–H groups in total. The highest BCUT2D eigenvalue weighted by molar-refractivity contribution is 5.69. The first-order valence-corrected chi connectivity index (χ1v) is 12.5. The Morgan fingerprint density at radius 1 is 1.00 bits per heavy atom. The molecular weight excluding hydrogens is 438 g/mol. The number of hydrogen-bond donors (Lipinski definition) is 1. The minimum Gasteiger partial charge on any atom is -0.492 e. The zero-order valence-corrected chi connectivity index (χ0v) is 20.3. The third-order valence-electron chi connectivity index (χ3n) is 7.28. The summed E-state index contributed by atoms with van der Waals surface area (Å²) in [6.07, 6.45) is 3.74. The van der Waals surface area contributed by atoms with Gasteiger partial charge in [-0.1, -0.05) is 48.5 Å². The van der Waals surface area contributed by atoms with Crippen LogP contribution in [0.4, 0.5) is 0 Å². The van der Waals surface area contributed by atoms with E-state index in [9.17, 15) is 9.90 Å². The highest BCUT2D eigenvalue weighted by Crippen LogP contribution is 2.49. The first-order valence-electron chi connectivity index (χ1n) is 12.5. The number of benzene rings is 3. The number of carbonyl (C=O) groups is 1. The third-order valence-corrected chi connectivity index (χ3v) is 7.28. The van der Waals surface area contributed by atoms with Crippen molar-refractivity contribution >= 4 is 5.97 Å². The molecule has 0 spiro atoms. The molecule has 1 fully saturated rings. The molecule has 35 heavy (non-hydrogen) atoms. The van der Waals surface area contributed by atoms with Crippen LogP contribution >= 0.6 is 0 Å². The topological polar surface area (TPSA) is 59.0 Å². The van der Waals surface area contributed by atoms with E-state index in [1.165, 1.54) is 32.9 Å². The fourth-order valence-corrected chi connectivity index (χ4v) is 5.58. The number of rotatable bonds is 8. The molecule has 1 aliphatic carbocycles. The molecule has 1 aliphatic heterocycles.